The molecule has 3 aliphatic heterocycles. The van der Waals surface area contributed by atoms with Crippen molar-refractivity contribution >= 4 is 35.0 Å². The van der Waals surface area contributed by atoms with Gasteiger partial charge in [-0.3, -0.25) is 14.4 Å². The number of carbonyl (C=O) groups is 3. The summed E-state index contributed by atoms with van der Waals surface area (Å²) in [6.45, 7) is 3.99. The molecular weight excluding hydrogens is 504 g/mol. The number of nitrogens with one attached hydrogen (secondary N) is 3. The molecule has 200 valence electrons. The van der Waals surface area contributed by atoms with Gasteiger partial charge in [-0.1, -0.05) is 17.7 Å². The molecule has 3 heterocycles. The van der Waals surface area contributed by atoms with Gasteiger partial charge >= 0.3 is 0 Å². The molecule has 4 fully saturated rings. The molecule has 1 aromatic carbocycles. The van der Waals surface area contributed by atoms with Gasteiger partial charge < -0.3 is 20.9 Å². The fourth-order valence-electron chi connectivity index (χ4n) is 5.85. The standard InChI is InChI=1S/C26H32ClF2N5O3/c1-14-20(27)6-3-7-21(14)32-15(2)25(37)34-18-8-9-19(26(28,29)12-18)22(34)24(36)33-17(13-30)11-16-5-4-10-31-23(16)35/h3,6-7,15-19,22,32H,4-5,8-12H2,1-2H3,(H,31,35)(H,33,36)/t15-,16+,17+,18+,19+,22-/m0/s1. The highest BCUT2D eigenvalue weighted by atomic mass is 35.5. The van der Waals surface area contributed by atoms with Crippen LogP contribution < -0.4 is 16.0 Å². The van der Waals surface area contributed by atoms with Crippen molar-refractivity contribution in [1.82, 2.24) is 15.5 Å². The summed E-state index contributed by atoms with van der Waals surface area (Å²) in [5.74, 6) is -6.32. The van der Waals surface area contributed by atoms with Crippen LogP contribution in [0, 0.1) is 30.1 Å². The summed E-state index contributed by atoms with van der Waals surface area (Å²) in [6, 6.07) is 3.18. The molecule has 0 radical (unpaired) electrons. The number of fused-ring (bicyclic) bond motifs is 3. The highest BCUT2D eigenvalue weighted by molar-refractivity contribution is 6.31. The van der Waals surface area contributed by atoms with Gasteiger partial charge in [0, 0.05) is 35.6 Å². The molecule has 3 N–H and O–H groups in total. The minimum Gasteiger partial charge on any atom is -0.374 e. The van der Waals surface area contributed by atoms with Crippen molar-refractivity contribution < 1.29 is 23.2 Å². The van der Waals surface area contributed by atoms with Crippen LogP contribution in [0.25, 0.3) is 0 Å². The Labute approximate surface area is 220 Å². The Bertz CT molecular complexity index is 1110. The van der Waals surface area contributed by atoms with Crippen LogP contribution in [0.15, 0.2) is 18.2 Å². The monoisotopic (exact) mass is 535 g/mol. The Morgan fingerprint density at radius 3 is 2.76 bits per heavy atom. The van der Waals surface area contributed by atoms with E-state index >= 15 is 0 Å². The maximum atomic E-state index is 15.0. The largest absolute Gasteiger partial charge is 0.374 e. The van der Waals surface area contributed by atoms with Crippen LogP contribution in [0.4, 0.5) is 14.5 Å². The topological polar surface area (TPSA) is 114 Å². The SMILES string of the molecule is Cc1c(Cl)cccc1N[C@@H](C)C(=O)N1[C@@H]2CC[C@H]([C@H]1C(=O)N[C@@H](C#N)C[C@H]1CCCNC1=O)C(F)(F)C2. The molecular formula is C26H32ClF2N5O3. The van der Waals surface area contributed by atoms with E-state index in [2.05, 4.69) is 16.0 Å². The zero-order valence-electron chi connectivity index (χ0n) is 20.9. The average molecular weight is 536 g/mol. The quantitative estimate of drug-likeness (QED) is 0.495. The van der Waals surface area contributed by atoms with Gasteiger partial charge in [0.2, 0.25) is 17.7 Å². The molecule has 37 heavy (non-hydrogen) atoms. The second kappa shape index (κ2) is 10.8. The van der Waals surface area contributed by atoms with E-state index in [4.69, 9.17) is 11.6 Å². The van der Waals surface area contributed by atoms with Crippen LogP contribution in [0.3, 0.4) is 0 Å². The van der Waals surface area contributed by atoms with E-state index in [0.717, 1.165) is 12.0 Å². The normalized spacial score (nSPS) is 28.0. The van der Waals surface area contributed by atoms with Crippen molar-refractivity contribution in [2.24, 2.45) is 11.8 Å². The van der Waals surface area contributed by atoms with Crippen LogP contribution in [-0.2, 0) is 14.4 Å². The lowest BCUT2D eigenvalue weighted by Crippen LogP contribution is -2.70. The number of carbonyl (C=O) groups excluding carboxylic acids is 3. The predicted molar refractivity (Wildman–Crippen MR) is 134 cm³/mol. The lowest BCUT2D eigenvalue weighted by atomic mass is 9.71. The fourth-order valence-corrected chi connectivity index (χ4v) is 6.03. The molecule has 11 heteroatoms. The Balaban J connectivity index is 1.54. The number of hydrogen-bond donors (Lipinski definition) is 3. The van der Waals surface area contributed by atoms with Crippen molar-refractivity contribution in [3.05, 3.63) is 28.8 Å². The zero-order chi connectivity index (χ0) is 26.9. The Morgan fingerprint density at radius 1 is 1.32 bits per heavy atom. The van der Waals surface area contributed by atoms with E-state index in [0.29, 0.717) is 30.1 Å². The third-order valence-electron chi connectivity index (χ3n) is 7.86. The number of halogens is 3. The number of alkyl halides is 2. The third-order valence-corrected chi connectivity index (χ3v) is 8.27. The molecule has 6 atom stereocenters. The molecule has 5 rings (SSSR count). The smallest absolute Gasteiger partial charge is 0.255 e. The zero-order valence-corrected chi connectivity index (χ0v) is 21.7. The van der Waals surface area contributed by atoms with Crippen molar-refractivity contribution in [3.8, 4) is 6.07 Å². The minimum absolute atomic E-state index is 0.0885. The summed E-state index contributed by atoms with van der Waals surface area (Å²) in [5, 5.41) is 18.6. The first-order valence-corrected chi connectivity index (χ1v) is 13.1. The van der Waals surface area contributed by atoms with E-state index in [1.807, 2.05) is 6.07 Å². The number of benzene rings is 1. The van der Waals surface area contributed by atoms with E-state index in [1.165, 1.54) is 4.90 Å². The molecule has 0 aromatic heterocycles. The van der Waals surface area contributed by atoms with E-state index < -0.39 is 60.2 Å². The molecule has 3 amide bonds. The number of anilines is 1. The maximum Gasteiger partial charge on any atom is 0.255 e. The summed E-state index contributed by atoms with van der Waals surface area (Å²) in [4.78, 5) is 40.5. The fraction of sp³-hybridized carbons (Fsp3) is 0.615. The third kappa shape index (κ3) is 5.52. The van der Waals surface area contributed by atoms with Crippen molar-refractivity contribution in [3.63, 3.8) is 0 Å². The highest BCUT2D eigenvalue weighted by Crippen LogP contribution is 2.49. The lowest BCUT2D eigenvalue weighted by molar-refractivity contribution is -0.194. The summed E-state index contributed by atoms with van der Waals surface area (Å²) >= 11 is 6.19. The molecule has 1 saturated carbocycles. The summed E-state index contributed by atoms with van der Waals surface area (Å²) in [6.07, 6.45) is 1.42. The van der Waals surface area contributed by atoms with Gasteiger partial charge in [0.25, 0.3) is 5.92 Å². The Hall–Kier alpha value is -2.93. The number of hydrogen-bond acceptors (Lipinski definition) is 5. The molecule has 4 aliphatic rings. The first-order valence-electron chi connectivity index (χ1n) is 12.7. The van der Waals surface area contributed by atoms with Gasteiger partial charge in [-0.15, -0.1) is 0 Å². The number of amides is 3. The van der Waals surface area contributed by atoms with Gasteiger partial charge in [0.15, 0.2) is 0 Å². The van der Waals surface area contributed by atoms with E-state index in [9.17, 15) is 28.4 Å². The van der Waals surface area contributed by atoms with E-state index in [1.54, 1.807) is 32.0 Å². The van der Waals surface area contributed by atoms with Gasteiger partial charge in [0.05, 0.1) is 12.0 Å². The van der Waals surface area contributed by atoms with Crippen LogP contribution in [0.5, 0.6) is 0 Å². The van der Waals surface area contributed by atoms with Crippen molar-refractivity contribution in [1.29, 1.82) is 5.26 Å². The van der Waals surface area contributed by atoms with Crippen molar-refractivity contribution in [2.75, 3.05) is 11.9 Å². The van der Waals surface area contributed by atoms with Crippen LogP contribution in [0.2, 0.25) is 5.02 Å². The molecule has 1 aromatic rings. The van der Waals surface area contributed by atoms with Crippen LogP contribution in [-0.4, -0.2) is 59.3 Å². The van der Waals surface area contributed by atoms with Gasteiger partial charge in [-0.2, -0.15) is 5.26 Å². The Morgan fingerprint density at radius 2 is 2.08 bits per heavy atom. The molecule has 3 saturated heterocycles. The van der Waals surface area contributed by atoms with Gasteiger partial charge in [-0.05, 0) is 63.6 Å². The first kappa shape index (κ1) is 27.1. The lowest BCUT2D eigenvalue weighted by Gasteiger charge is -2.54. The predicted octanol–water partition coefficient (Wildman–Crippen LogP) is 3.39. The average Bonchev–Trinajstić information content (AvgIpc) is 2.86. The van der Waals surface area contributed by atoms with E-state index in [-0.39, 0.29) is 18.7 Å². The summed E-state index contributed by atoms with van der Waals surface area (Å²) in [7, 11) is 0. The minimum atomic E-state index is -3.10. The first-order chi connectivity index (χ1) is 17.5. The van der Waals surface area contributed by atoms with Crippen LogP contribution >= 0.6 is 11.6 Å². The highest BCUT2D eigenvalue weighted by Gasteiger charge is 2.60. The number of nitriles is 1. The maximum absolute atomic E-state index is 15.0. The van der Waals surface area contributed by atoms with Crippen molar-refractivity contribution in [2.45, 2.75) is 82.5 Å². The number of rotatable bonds is 7. The number of piperidine rings is 3. The second-order valence-electron chi connectivity index (χ2n) is 10.3. The molecule has 2 bridgehead atoms. The van der Waals surface area contributed by atoms with Crippen LogP contribution in [0.1, 0.15) is 51.0 Å². The molecule has 1 aliphatic carbocycles. The molecule has 0 unspecified atom stereocenters. The second-order valence-corrected chi connectivity index (χ2v) is 10.7. The molecule has 8 nitrogen and oxygen atoms in total. The van der Waals surface area contributed by atoms with Gasteiger partial charge in [0.1, 0.15) is 18.1 Å². The molecule has 0 spiro atoms. The van der Waals surface area contributed by atoms with Gasteiger partial charge in [-0.25, -0.2) is 8.78 Å². The Kier molecular flexibility index (Phi) is 7.93. The summed E-state index contributed by atoms with van der Waals surface area (Å²) < 4.78 is 29.9. The number of nitrogens with zero attached hydrogens (tertiary/aromatic N) is 2. The summed E-state index contributed by atoms with van der Waals surface area (Å²) in [5.41, 5.74) is 1.38.